The molecule has 1 heterocycles. The van der Waals surface area contributed by atoms with Crippen molar-refractivity contribution in [3.8, 4) is 5.75 Å². The maximum absolute atomic E-state index is 15.5. The van der Waals surface area contributed by atoms with Crippen LogP contribution in [0.2, 0.25) is 0 Å². The zero-order valence-corrected chi connectivity index (χ0v) is 33.9. The molecule has 6 rings (SSSR count). The summed E-state index contributed by atoms with van der Waals surface area (Å²) in [6.07, 6.45) is -2.77. The minimum atomic E-state index is -2.53. The maximum atomic E-state index is 15.5. The van der Waals surface area contributed by atoms with Gasteiger partial charge in [0.1, 0.15) is 29.8 Å². The summed E-state index contributed by atoms with van der Waals surface area (Å²) in [6.45, 7) is 9.14. The van der Waals surface area contributed by atoms with E-state index in [1.54, 1.807) is 64.1 Å². The van der Waals surface area contributed by atoms with Crippen LogP contribution in [0.3, 0.4) is 0 Å². The van der Waals surface area contributed by atoms with Gasteiger partial charge in [-0.05, 0) is 83.6 Å². The minimum absolute atomic E-state index is 0.122. The molecule has 1 saturated heterocycles. The Labute approximate surface area is 339 Å². The van der Waals surface area contributed by atoms with Crippen LogP contribution in [0, 0.1) is 28.6 Å². The lowest BCUT2D eigenvalue weighted by Crippen LogP contribution is -2.80. The largest absolute Gasteiger partial charge is 0.512 e. The fraction of sp³-hybridized carbons (Fsp3) is 0.488. The molecule has 2 bridgehead atoms. The van der Waals surface area contributed by atoms with Crippen LogP contribution < -0.4 is 4.74 Å². The van der Waals surface area contributed by atoms with Crippen LogP contribution in [0.5, 0.6) is 5.75 Å². The number of hydrogen-bond acceptors (Lipinski definition) is 12. The smallest absolute Gasteiger partial charge is 0.455 e. The number of benzene rings is 2. The lowest BCUT2D eigenvalue weighted by Gasteiger charge is -2.67. The number of rotatable bonds is 7. The highest BCUT2D eigenvalue weighted by Gasteiger charge is 2.78. The average Bonchev–Trinajstić information content (AvgIpc) is 3.10. The second-order valence-corrected chi connectivity index (χ2v) is 17.7. The molecule has 0 radical (unpaired) electrons. The number of carbonyl (C=O) groups excluding carboxylic acids is 5. The van der Waals surface area contributed by atoms with E-state index in [2.05, 4.69) is 0 Å². The van der Waals surface area contributed by atoms with E-state index in [9.17, 15) is 19.5 Å². The number of aliphatic hydroxyl groups is 1. The highest BCUT2D eigenvalue weighted by molar-refractivity contribution is 6.66. The Kier molecular flexibility index (Phi) is 11.2. The SMILES string of the molecule is CC(=O)O[C@@]12COC1C[C@H](OC(=O)OC(Cl)(Cl)Cl)[C@@]1(C)C(=O)[C@H](C)C3=C(C)[C@@H](OC(=O)/C=C/c4ccccc4)C[C@@](O)([C@@H](C(=O)Oc4ccccc4)[C@@H]12)C3(C)C. The zero-order valence-electron chi connectivity index (χ0n) is 31.6. The second kappa shape index (κ2) is 15.1. The van der Waals surface area contributed by atoms with Crippen molar-refractivity contribution >= 4 is 70.7 Å². The Bertz CT molecular complexity index is 1960. The van der Waals surface area contributed by atoms with Crippen molar-refractivity contribution in [3.63, 3.8) is 0 Å². The van der Waals surface area contributed by atoms with Crippen molar-refractivity contribution in [2.45, 2.75) is 87.9 Å². The normalized spacial score (nSPS) is 33.4. The minimum Gasteiger partial charge on any atom is -0.455 e. The summed E-state index contributed by atoms with van der Waals surface area (Å²) in [5, 5.41) is 13.6. The number of fused-ring (bicyclic) bond motifs is 5. The summed E-state index contributed by atoms with van der Waals surface area (Å²) < 4.78 is 32.2. The fourth-order valence-corrected chi connectivity index (χ4v) is 9.93. The molecule has 12 nitrogen and oxygen atoms in total. The summed E-state index contributed by atoms with van der Waals surface area (Å²) in [6, 6.07) is 17.2. The van der Waals surface area contributed by atoms with Gasteiger partial charge in [-0.15, -0.1) is 0 Å². The Hall–Kier alpha value is -3.94. The van der Waals surface area contributed by atoms with Gasteiger partial charge in [-0.3, -0.25) is 14.4 Å². The van der Waals surface area contributed by atoms with E-state index >= 15 is 9.59 Å². The Morgan fingerprint density at radius 1 is 0.964 bits per heavy atom. The number of hydrogen-bond donors (Lipinski definition) is 1. The first kappa shape index (κ1) is 41.7. The number of alkyl halides is 3. The van der Waals surface area contributed by atoms with E-state index in [0.29, 0.717) is 11.1 Å². The second-order valence-electron chi connectivity index (χ2n) is 15.6. The summed E-state index contributed by atoms with van der Waals surface area (Å²) >= 11 is 17.3. The molecule has 1 aliphatic heterocycles. The summed E-state index contributed by atoms with van der Waals surface area (Å²) in [4.78, 5) is 70.2. The maximum Gasteiger partial charge on any atom is 0.512 e. The molecule has 3 fully saturated rings. The average molecular weight is 834 g/mol. The third kappa shape index (κ3) is 7.23. The first-order valence-electron chi connectivity index (χ1n) is 18.1. The lowest BCUT2D eigenvalue weighted by molar-refractivity contribution is -0.337. The predicted octanol–water partition coefficient (Wildman–Crippen LogP) is 7.11. The van der Waals surface area contributed by atoms with Crippen molar-refractivity contribution in [1.82, 2.24) is 0 Å². The highest BCUT2D eigenvalue weighted by atomic mass is 35.6. The van der Waals surface area contributed by atoms with Gasteiger partial charge in [-0.1, -0.05) is 69.3 Å². The third-order valence-corrected chi connectivity index (χ3v) is 12.4. The molecule has 0 amide bonds. The van der Waals surface area contributed by atoms with Crippen LogP contribution in [-0.4, -0.2) is 75.1 Å². The van der Waals surface area contributed by atoms with Gasteiger partial charge in [-0.2, -0.15) is 0 Å². The van der Waals surface area contributed by atoms with E-state index in [1.165, 1.54) is 19.9 Å². The first-order chi connectivity index (χ1) is 26.2. The molecular weight excluding hydrogens is 791 g/mol. The number of Topliss-reactive ketones (excluding diaryl/α,β-unsaturated/α-hetero) is 1. The topological polar surface area (TPSA) is 161 Å². The van der Waals surface area contributed by atoms with Crippen molar-refractivity contribution in [3.05, 3.63) is 83.4 Å². The molecule has 0 spiro atoms. The molecule has 0 aromatic heterocycles. The molecule has 1 N–H and O–H groups in total. The number of ether oxygens (including phenoxy) is 6. The summed E-state index contributed by atoms with van der Waals surface area (Å²) in [7, 11) is 0. The van der Waals surface area contributed by atoms with Crippen molar-refractivity contribution in [2.24, 2.45) is 28.6 Å². The van der Waals surface area contributed by atoms with E-state index in [-0.39, 0.29) is 25.2 Å². The third-order valence-electron chi connectivity index (χ3n) is 12.1. The number of halogens is 3. The molecule has 2 aromatic carbocycles. The van der Waals surface area contributed by atoms with E-state index in [1.807, 2.05) is 30.3 Å². The Morgan fingerprint density at radius 2 is 1.59 bits per heavy atom. The van der Waals surface area contributed by atoms with Crippen LogP contribution in [0.25, 0.3) is 6.08 Å². The molecular formula is C41H43Cl3O12. The van der Waals surface area contributed by atoms with Gasteiger partial charge in [0.15, 0.2) is 5.60 Å². The number of para-hydroxylation sites is 1. The van der Waals surface area contributed by atoms with Crippen LogP contribution in [0.4, 0.5) is 4.79 Å². The molecule has 15 heteroatoms. The van der Waals surface area contributed by atoms with Crippen molar-refractivity contribution in [1.29, 1.82) is 0 Å². The van der Waals surface area contributed by atoms with E-state index < -0.39 is 91.9 Å². The fourth-order valence-electron chi connectivity index (χ4n) is 9.74. The number of esters is 3. The number of ketones is 1. The molecule has 56 heavy (non-hydrogen) atoms. The predicted molar refractivity (Wildman–Crippen MR) is 203 cm³/mol. The molecule has 3 aliphatic carbocycles. The van der Waals surface area contributed by atoms with Crippen LogP contribution in [0.15, 0.2) is 77.9 Å². The molecule has 2 aromatic rings. The molecule has 1 unspecified atom stereocenters. The molecule has 4 aliphatic rings. The highest BCUT2D eigenvalue weighted by Crippen LogP contribution is 2.67. The zero-order chi connectivity index (χ0) is 41.0. The van der Waals surface area contributed by atoms with Gasteiger partial charge >= 0.3 is 28.0 Å². The Balaban J connectivity index is 1.58. The van der Waals surface area contributed by atoms with Gasteiger partial charge in [-0.25, -0.2) is 9.59 Å². The van der Waals surface area contributed by atoms with Gasteiger partial charge in [0.2, 0.25) is 0 Å². The van der Waals surface area contributed by atoms with Gasteiger partial charge in [0.25, 0.3) is 0 Å². The van der Waals surface area contributed by atoms with Crippen LogP contribution in [0.1, 0.15) is 59.9 Å². The van der Waals surface area contributed by atoms with Crippen LogP contribution in [-0.2, 0) is 42.9 Å². The van der Waals surface area contributed by atoms with E-state index in [4.69, 9.17) is 63.2 Å². The van der Waals surface area contributed by atoms with Crippen LogP contribution >= 0.6 is 34.8 Å². The molecule has 9 atom stereocenters. The summed E-state index contributed by atoms with van der Waals surface area (Å²) in [5.74, 6) is -7.16. The van der Waals surface area contributed by atoms with Crippen molar-refractivity contribution < 1.29 is 57.5 Å². The quantitative estimate of drug-likeness (QED) is 0.0754. The lowest BCUT2D eigenvalue weighted by atomic mass is 9.41. The monoisotopic (exact) mass is 832 g/mol. The van der Waals surface area contributed by atoms with Gasteiger partial charge < -0.3 is 33.5 Å². The molecule has 2 saturated carbocycles. The standard InChI is InChI=1S/C41H43Cl3O12/c1-22-27(53-30(46)18-17-25-13-9-7-10-14-25)20-40(50)32(35(48)52-26-15-11-8-12-16-26)33-38(6,34(47)23(2)31(22)37(40,4)5)28(54-36(49)56-41(42,43)44)19-29-39(33,21-51-29)55-24(3)45/h7-18,23,27-29,32-33,50H,19-21H2,1-6H3/b18-17+/t23-,27+,28+,29?,32-,33+,38-,39+,40-/m1/s1. The van der Waals surface area contributed by atoms with E-state index in [0.717, 1.165) is 5.56 Å². The summed E-state index contributed by atoms with van der Waals surface area (Å²) in [5.41, 5.74) is -5.61. The van der Waals surface area contributed by atoms with Gasteiger partial charge in [0, 0.05) is 43.1 Å². The Morgan fingerprint density at radius 3 is 2.16 bits per heavy atom. The van der Waals surface area contributed by atoms with Crippen molar-refractivity contribution in [2.75, 3.05) is 6.61 Å². The van der Waals surface area contributed by atoms with Gasteiger partial charge in [0.05, 0.1) is 23.5 Å². The molecule has 300 valence electrons. The number of carbonyl (C=O) groups is 5. The first-order valence-corrected chi connectivity index (χ1v) is 19.2.